The van der Waals surface area contributed by atoms with Crippen molar-refractivity contribution in [3.8, 4) is 0 Å². The second kappa shape index (κ2) is 11.7. The first-order chi connectivity index (χ1) is 15.7. The van der Waals surface area contributed by atoms with Gasteiger partial charge in [-0.2, -0.15) is 16.5 Å². The number of carbonyl (C=O) groups excluding carboxylic acids is 2. The lowest BCUT2D eigenvalue weighted by molar-refractivity contribution is -0.142. The van der Waals surface area contributed by atoms with Crippen molar-refractivity contribution >= 4 is 33.6 Å². The fourth-order valence-electron chi connectivity index (χ4n) is 4.29. The van der Waals surface area contributed by atoms with Crippen LogP contribution in [0.25, 0.3) is 0 Å². The predicted molar refractivity (Wildman–Crippen MR) is 132 cm³/mol. The van der Waals surface area contributed by atoms with E-state index in [0.29, 0.717) is 38.1 Å². The van der Waals surface area contributed by atoms with Crippen LogP contribution < -0.4 is 4.72 Å². The van der Waals surface area contributed by atoms with Crippen LogP contribution in [0.1, 0.15) is 24.8 Å². The van der Waals surface area contributed by atoms with Gasteiger partial charge in [0.2, 0.25) is 21.8 Å². The largest absolute Gasteiger partial charge is 0.341 e. The Morgan fingerprint density at radius 1 is 1.03 bits per heavy atom. The number of carbonyl (C=O) groups is 2. The molecule has 0 aromatic heterocycles. The molecular weight excluding hydrogens is 460 g/mol. The minimum atomic E-state index is -3.81. The molecule has 3 rings (SSSR count). The number of rotatable bonds is 8. The molecule has 2 heterocycles. The van der Waals surface area contributed by atoms with Crippen molar-refractivity contribution in [2.24, 2.45) is 5.92 Å². The average Bonchev–Trinajstić information content (AvgIpc) is 2.81. The fraction of sp³-hybridized carbons (Fsp3) is 0.652. The number of thioether (sulfide) groups is 1. The Morgan fingerprint density at radius 2 is 1.64 bits per heavy atom. The van der Waals surface area contributed by atoms with E-state index in [9.17, 15) is 18.0 Å². The summed E-state index contributed by atoms with van der Waals surface area (Å²) in [6, 6.07) is 5.80. The summed E-state index contributed by atoms with van der Waals surface area (Å²) in [4.78, 5) is 32.2. The third-order valence-corrected chi connectivity index (χ3v) is 8.64. The van der Waals surface area contributed by atoms with Gasteiger partial charge >= 0.3 is 0 Å². The summed E-state index contributed by atoms with van der Waals surface area (Å²) >= 11 is 1.58. The van der Waals surface area contributed by atoms with E-state index >= 15 is 0 Å². The van der Waals surface area contributed by atoms with Crippen LogP contribution in [0.3, 0.4) is 0 Å². The number of piperazine rings is 1. The summed E-state index contributed by atoms with van der Waals surface area (Å²) in [5.74, 6) is 0.594. The van der Waals surface area contributed by atoms with Crippen LogP contribution >= 0.6 is 11.8 Å². The van der Waals surface area contributed by atoms with Crippen LogP contribution in [0.15, 0.2) is 29.2 Å². The summed E-state index contributed by atoms with van der Waals surface area (Å²) in [5, 5.41) is 0. The van der Waals surface area contributed by atoms with Gasteiger partial charge in [0.05, 0.1) is 4.90 Å². The Balaban J connectivity index is 1.60. The van der Waals surface area contributed by atoms with Gasteiger partial charge in [0.15, 0.2) is 0 Å². The number of aryl methyl sites for hydroxylation is 1. The van der Waals surface area contributed by atoms with Crippen molar-refractivity contribution in [3.63, 3.8) is 0 Å². The van der Waals surface area contributed by atoms with E-state index < -0.39 is 16.1 Å². The highest BCUT2D eigenvalue weighted by Gasteiger charge is 2.34. The Labute approximate surface area is 202 Å². The van der Waals surface area contributed by atoms with E-state index in [1.165, 1.54) is 0 Å². The minimum absolute atomic E-state index is 0.0636. The maximum Gasteiger partial charge on any atom is 0.241 e. The van der Waals surface area contributed by atoms with Crippen molar-refractivity contribution < 1.29 is 18.0 Å². The molecule has 8 nitrogen and oxygen atoms in total. The smallest absolute Gasteiger partial charge is 0.241 e. The summed E-state index contributed by atoms with van der Waals surface area (Å²) in [6.07, 6.45) is 3.60. The molecule has 0 bridgehead atoms. The van der Waals surface area contributed by atoms with Gasteiger partial charge < -0.3 is 14.7 Å². The van der Waals surface area contributed by atoms with Gasteiger partial charge in [-0.05, 0) is 57.4 Å². The number of benzene rings is 1. The highest BCUT2D eigenvalue weighted by molar-refractivity contribution is 7.98. The molecule has 184 valence electrons. The first kappa shape index (κ1) is 26.0. The zero-order valence-electron chi connectivity index (χ0n) is 19.8. The number of likely N-dealkylation sites (N-methyl/N-ethyl adjacent to an activating group) is 1. The Hall–Kier alpha value is -1.62. The van der Waals surface area contributed by atoms with Crippen molar-refractivity contribution in [1.29, 1.82) is 0 Å². The SMILES string of the molecule is CSCCC(NS(=O)(=O)c1ccc(C)cc1)C(=O)N1CCC(C(=O)N2CCN(C)CC2)CC1. The third kappa shape index (κ3) is 6.94. The zero-order chi connectivity index (χ0) is 24.0. The molecule has 2 aliphatic heterocycles. The van der Waals surface area contributed by atoms with Gasteiger partial charge in [0, 0.05) is 45.2 Å². The fourth-order valence-corrected chi connectivity index (χ4v) is 5.99. The van der Waals surface area contributed by atoms with Crippen LogP contribution in [-0.2, 0) is 19.6 Å². The molecule has 1 unspecified atom stereocenters. The van der Waals surface area contributed by atoms with Crippen molar-refractivity contribution in [3.05, 3.63) is 29.8 Å². The number of nitrogens with one attached hydrogen (secondary N) is 1. The topological polar surface area (TPSA) is 90.0 Å². The standard InChI is InChI=1S/C23H36N4O4S2/c1-18-4-6-20(7-5-18)33(30,31)24-21(10-17-32-3)23(29)26-11-8-19(9-12-26)22(28)27-15-13-25(2)14-16-27/h4-7,19,21,24H,8-17H2,1-3H3. The summed E-state index contributed by atoms with van der Waals surface area (Å²) in [7, 11) is -1.74. The molecule has 1 aromatic rings. The molecular formula is C23H36N4O4S2. The van der Waals surface area contributed by atoms with Crippen molar-refractivity contribution in [2.75, 3.05) is 58.3 Å². The van der Waals surface area contributed by atoms with Crippen LogP contribution in [0, 0.1) is 12.8 Å². The molecule has 2 saturated heterocycles. The number of amides is 2. The molecule has 33 heavy (non-hydrogen) atoms. The Bertz CT molecular complexity index is 907. The molecule has 2 aliphatic rings. The molecule has 1 N–H and O–H groups in total. The maximum atomic E-state index is 13.3. The highest BCUT2D eigenvalue weighted by atomic mass is 32.2. The van der Waals surface area contributed by atoms with Crippen LogP contribution in [0.4, 0.5) is 0 Å². The molecule has 0 spiro atoms. The Kier molecular flexibility index (Phi) is 9.20. The molecule has 1 aromatic carbocycles. The molecule has 0 saturated carbocycles. The number of likely N-dealkylation sites (tertiary alicyclic amines) is 1. The second-order valence-electron chi connectivity index (χ2n) is 9.00. The van der Waals surface area contributed by atoms with Crippen molar-refractivity contribution in [1.82, 2.24) is 19.4 Å². The lowest BCUT2D eigenvalue weighted by Gasteiger charge is -2.38. The number of piperidine rings is 1. The number of hydrogen-bond acceptors (Lipinski definition) is 6. The van der Waals surface area contributed by atoms with E-state index in [1.54, 1.807) is 40.9 Å². The van der Waals surface area contributed by atoms with E-state index in [1.807, 2.05) is 18.1 Å². The van der Waals surface area contributed by atoms with Crippen molar-refractivity contribution in [2.45, 2.75) is 37.1 Å². The molecule has 2 fully saturated rings. The quantitative estimate of drug-likeness (QED) is 0.585. The summed E-state index contributed by atoms with van der Waals surface area (Å²) in [5.41, 5.74) is 0.970. The van der Waals surface area contributed by atoms with Gasteiger partial charge in [-0.15, -0.1) is 0 Å². The van der Waals surface area contributed by atoms with Crippen LogP contribution in [0.2, 0.25) is 0 Å². The minimum Gasteiger partial charge on any atom is -0.341 e. The van der Waals surface area contributed by atoms with E-state index in [-0.39, 0.29) is 22.6 Å². The van der Waals surface area contributed by atoms with Crippen LogP contribution in [-0.4, -0.2) is 99.3 Å². The van der Waals surface area contributed by atoms with Gasteiger partial charge in [-0.3, -0.25) is 9.59 Å². The summed E-state index contributed by atoms with van der Waals surface area (Å²) < 4.78 is 28.4. The number of sulfonamides is 1. The maximum absolute atomic E-state index is 13.3. The predicted octanol–water partition coefficient (Wildman–Crippen LogP) is 1.41. The molecule has 2 amide bonds. The molecule has 10 heteroatoms. The first-order valence-electron chi connectivity index (χ1n) is 11.6. The third-order valence-electron chi connectivity index (χ3n) is 6.51. The van der Waals surface area contributed by atoms with Gasteiger partial charge in [0.1, 0.15) is 6.04 Å². The zero-order valence-corrected chi connectivity index (χ0v) is 21.5. The average molecular weight is 497 g/mol. The monoisotopic (exact) mass is 496 g/mol. The Morgan fingerprint density at radius 3 is 2.21 bits per heavy atom. The van der Waals surface area contributed by atoms with E-state index in [4.69, 9.17) is 0 Å². The highest BCUT2D eigenvalue weighted by Crippen LogP contribution is 2.22. The normalized spacial score (nSPS) is 19.5. The molecule has 1 atom stereocenters. The van der Waals surface area contributed by atoms with Gasteiger partial charge in [0.25, 0.3) is 0 Å². The van der Waals surface area contributed by atoms with Gasteiger partial charge in [-0.1, -0.05) is 17.7 Å². The second-order valence-corrected chi connectivity index (χ2v) is 11.7. The first-order valence-corrected chi connectivity index (χ1v) is 14.4. The molecule has 0 aliphatic carbocycles. The number of nitrogens with zero attached hydrogens (tertiary/aromatic N) is 3. The summed E-state index contributed by atoms with van der Waals surface area (Å²) in [6.45, 7) is 6.14. The van der Waals surface area contributed by atoms with Crippen LogP contribution in [0.5, 0.6) is 0 Å². The van der Waals surface area contributed by atoms with E-state index in [0.717, 1.165) is 31.7 Å². The molecule has 0 radical (unpaired) electrons. The number of hydrogen-bond donors (Lipinski definition) is 1. The lowest BCUT2D eigenvalue weighted by Crippen LogP contribution is -2.53. The lowest BCUT2D eigenvalue weighted by atomic mass is 9.94. The van der Waals surface area contributed by atoms with Gasteiger partial charge in [-0.25, -0.2) is 8.42 Å². The van der Waals surface area contributed by atoms with E-state index in [2.05, 4.69) is 16.7 Å².